The first-order chi connectivity index (χ1) is 13.7. The molecule has 4 heteroatoms. The number of fused-ring (bicyclic) bond motifs is 4. The first-order valence-corrected chi connectivity index (χ1v) is 9.45. The normalized spacial score (nSPS) is 13.5. The number of aryl methyl sites for hydroxylation is 1. The summed E-state index contributed by atoms with van der Waals surface area (Å²) in [6.45, 7) is 0.398. The molecule has 2 heterocycles. The van der Waals surface area contributed by atoms with Gasteiger partial charge in [0.2, 0.25) is 0 Å². The zero-order valence-corrected chi connectivity index (χ0v) is 15.3. The van der Waals surface area contributed by atoms with E-state index in [0.717, 1.165) is 22.0 Å². The lowest BCUT2D eigenvalue weighted by Crippen LogP contribution is -2.31. The summed E-state index contributed by atoms with van der Waals surface area (Å²) in [5, 5.41) is 3.45. The second kappa shape index (κ2) is 6.57. The lowest BCUT2D eigenvalue weighted by atomic mass is 10.0. The van der Waals surface area contributed by atoms with E-state index in [4.69, 9.17) is 4.98 Å². The number of aromatic nitrogens is 1. The summed E-state index contributed by atoms with van der Waals surface area (Å²) >= 11 is 0. The number of hydrogen-bond acceptors (Lipinski definition) is 3. The zero-order valence-electron chi connectivity index (χ0n) is 15.3. The molecule has 0 fully saturated rings. The highest BCUT2D eigenvalue weighted by molar-refractivity contribution is 6.21. The Balaban J connectivity index is 1.41. The Labute approximate surface area is 162 Å². The number of amides is 2. The largest absolute Gasteiger partial charge is 0.274 e. The van der Waals surface area contributed by atoms with E-state index in [1.165, 1.54) is 10.3 Å². The van der Waals surface area contributed by atoms with Gasteiger partial charge in [-0.05, 0) is 36.4 Å². The molecule has 0 bridgehead atoms. The number of carbonyl (C=O) groups excluding carboxylic acids is 2. The van der Waals surface area contributed by atoms with Crippen molar-refractivity contribution in [1.82, 2.24) is 9.88 Å². The Morgan fingerprint density at radius 2 is 1.25 bits per heavy atom. The predicted molar refractivity (Wildman–Crippen MR) is 109 cm³/mol. The van der Waals surface area contributed by atoms with Crippen molar-refractivity contribution in [2.24, 2.45) is 0 Å². The topological polar surface area (TPSA) is 50.3 Å². The van der Waals surface area contributed by atoms with Crippen LogP contribution in [0.5, 0.6) is 0 Å². The third-order valence-corrected chi connectivity index (χ3v) is 5.36. The van der Waals surface area contributed by atoms with Gasteiger partial charge in [0.05, 0.1) is 16.6 Å². The number of imide groups is 1. The first kappa shape index (κ1) is 16.6. The third-order valence-electron chi connectivity index (χ3n) is 5.36. The van der Waals surface area contributed by atoms with Crippen LogP contribution in [-0.4, -0.2) is 28.2 Å². The summed E-state index contributed by atoms with van der Waals surface area (Å²) in [6, 6.07) is 23.4. The van der Waals surface area contributed by atoms with Gasteiger partial charge >= 0.3 is 0 Å². The summed E-state index contributed by atoms with van der Waals surface area (Å²) < 4.78 is 0. The van der Waals surface area contributed by atoms with Gasteiger partial charge in [0.25, 0.3) is 11.8 Å². The molecule has 0 atom stereocenters. The van der Waals surface area contributed by atoms with Gasteiger partial charge in [-0.3, -0.25) is 19.5 Å². The van der Waals surface area contributed by atoms with Crippen LogP contribution in [0.3, 0.4) is 0 Å². The minimum atomic E-state index is -0.197. The maximum Gasteiger partial charge on any atom is 0.261 e. The van der Waals surface area contributed by atoms with Gasteiger partial charge in [-0.25, -0.2) is 0 Å². The molecule has 0 radical (unpaired) electrons. The third kappa shape index (κ3) is 2.57. The average Bonchev–Trinajstić information content (AvgIpc) is 2.99. The van der Waals surface area contributed by atoms with E-state index in [1.807, 2.05) is 30.3 Å². The van der Waals surface area contributed by atoms with Gasteiger partial charge < -0.3 is 0 Å². The summed E-state index contributed by atoms with van der Waals surface area (Å²) in [5.74, 6) is -0.395. The molecule has 1 aliphatic heterocycles. The summed E-state index contributed by atoms with van der Waals surface area (Å²) in [5.41, 5.74) is 2.98. The molecular weight excluding hydrogens is 348 g/mol. The maximum absolute atomic E-state index is 12.5. The minimum Gasteiger partial charge on any atom is -0.274 e. The van der Waals surface area contributed by atoms with Crippen LogP contribution in [0.4, 0.5) is 0 Å². The van der Waals surface area contributed by atoms with E-state index in [2.05, 4.69) is 18.2 Å². The summed E-state index contributed by atoms with van der Waals surface area (Å²) in [7, 11) is 0. The van der Waals surface area contributed by atoms with Gasteiger partial charge in [-0.1, -0.05) is 54.6 Å². The van der Waals surface area contributed by atoms with E-state index in [9.17, 15) is 9.59 Å². The molecule has 1 aliphatic rings. The van der Waals surface area contributed by atoms with Crippen LogP contribution in [0, 0.1) is 0 Å². The molecule has 0 aliphatic carbocycles. The van der Waals surface area contributed by atoms with E-state index in [0.29, 0.717) is 30.5 Å². The highest BCUT2D eigenvalue weighted by atomic mass is 16.2. The highest BCUT2D eigenvalue weighted by Crippen LogP contribution is 2.27. The van der Waals surface area contributed by atoms with E-state index in [-0.39, 0.29) is 11.8 Å². The summed E-state index contributed by atoms with van der Waals surface area (Å²) in [6.07, 6.45) is 1.39. The molecule has 4 nitrogen and oxygen atoms in total. The molecule has 5 rings (SSSR count). The minimum absolute atomic E-state index is 0.197. The fraction of sp³-hybridized carbons (Fsp3) is 0.125. The molecule has 0 saturated carbocycles. The highest BCUT2D eigenvalue weighted by Gasteiger charge is 2.34. The lowest BCUT2D eigenvalue weighted by molar-refractivity contribution is 0.0652. The summed E-state index contributed by atoms with van der Waals surface area (Å²) in [4.78, 5) is 31.3. The Morgan fingerprint density at radius 1 is 0.679 bits per heavy atom. The van der Waals surface area contributed by atoms with Crippen molar-refractivity contribution in [2.45, 2.75) is 12.8 Å². The predicted octanol–water partition coefficient (Wildman–Crippen LogP) is 4.62. The Bertz CT molecular complexity index is 1210. The van der Waals surface area contributed by atoms with Crippen LogP contribution in [0.15, 0.2) is 72.8 Å². The van der Waals surface area contributed by atoms with Crippen LogP contribution >= 0.6 is 0 Å². The maximum atomic E-state index is 12.5. The van der Waals surface area contributed by atoms with Gasteiger partial charge in [-0.2, -0.15) is 0 Å². The molecule has 0 saturated heterocycles. The molecule has 0 spiro atoms. The molecule has 4 aromatic rings. The van der Waals surface area contributed by atoms with Crippen molar-refractivity contribution in [2.75, 3.05) is 6.54 Å². The fourth-order valence-electron chi connectivity index (χ4n) is 4.01. The SMILES string of the molecule is O=C1c2ccccc2C(=O)N1CCCc1nc2ccccc2c2ccccc12. The van der Waals surface area contributed by atoms with Crippen LogP contribution in [-0.2, 0) is 6.42 Å². The Hall–Kier alpha value is -3.53. The number of para-hydroxylation sites is 1. The molecule has 0 N–H and O–H groups in total. The van der Waals surface area contributed by atoms with Gasteiger partial charge in [0.15, 0.2) is 0 Å². The van der Waals surface area contributed by atoms with Crippen molar-refractivity contribution in [3.8, 4) is 0 Å². The van der Waals surface area contributed by atoms with Gasteiger partial charge in [0.1, 0.15) is 0 Å². The molecule has 28 heavy (non-hydrogen) atoms. The van der Waals surface area contributed by atoms with Crippen molar-refractivity contribution >= 4 is 33.5 Å². The van der Waals surface area contributed by atoms with Crippen LogP contribution in [0.1, 0.15) is 32.8 Å². The van der Waals surface area contributed by atoms with E-state index < -0.39 is 0 Å². The van der Waals surface area contributed by atoms with Crippen molar-refractivity contribution in [1.29, 1.82) is 0 Å². The molecule has 136 valence electrons. The monoisotopic (exact) mass is 366 g/mol. The quantitative estimate of drug-likeness (QED) is 0.391. The lowest BCUT2D eigenvalue weighted by Gasteiger charge is -2.14. The van der Waals surface area contributed by atoms with Crippen molar-refractivity contribution in [3.05, 3.63) is 89.6 Å². The average molecular weight is 366 g/mol. The standard InChI is InChI=1S/C24H18N2O2/c27-23-19-11-3-4-12-20(19)24(28)26(23)15-7-14-22-18-9-2-1-8-16(18)17-10-5-6-13-21(17)25-22/h1-6,8-13H,7,14-15H2. The molecule has 3 aromatic carbocycles. The Morgan fingerprint density at radius 3 is 1.96 bits per heavy atom. The van der Waals surface area contributed by atoms with Crippen LogP contribution in [0.2, 0.25) is 0 Å². The molecular formula is C24H18N2O2. The number of nitrogens with zero attached hydrogens (tertiary/aromatic N) is 2. The smallest absolute Gasteiger partial charge is 0.261 e. The van der Waals surface area contributed by atoms with E-state index >= 15 is 0 Å². The Kier molecular flexibility index (Phi) is 3.90. The number of hydrogen-bond donors (Lipinski definition) is 0. The fourth-order valence-corrected chi connectivity index (χ4v) is 4.01. The number of rotatable bonds is 4. The number of benzene rings is 3. The zero-order chi connectivity index (χ0) is 19.1. The molecule has 1 aromatic heterocycles. The van der Waals surface area contributed by atoms with Crippen molar-refractivity contribution in [3.63, 3.8) is 0 Å². The molecule has 0 unspecified atom stereocenters. The van der Waals surface area contributed by atoms with Gasteiger partial charge in [-0.15, -0.1) is 0 Å². The number of carbonyl (C=O) groups is 2. The second-order valence-corrected chi connectivity index (χ2v) is 7.03. The molecule has 2 amide bonds. The first-order valence-electron chi connectivity index (χ1n) is 9.45. The van der Waals surface area contributed by atoms with Crippen molar-refractivity contribution < 1.29 is 9.59 Å². The van der Waals surface area contributed by atoms with Gasteiger partial charge in [0, 0.05) is 23.0 Å². The van der Waals surface area contributed by atoms with E-state index in [1.54, 1.807) is 24.3 Å². The van der Waals surface area contributed by atoms with Crippen LogP contribution in [0.25, 0.3) is 21.7 Å². The van der Waals surface area contributed by atoms with Crippen LogP contribution < -0.4 is 0 Å². The second-order valence-electron chi connectivity index (χ2n) is 7.03. The number of pyridine rings is 1.